The van der Waals surface area contributed by atoms with Gasteiger partial charge in [0.2, 0.25) is 5.91 Å². The summed E-state index contributed by atoms with van der Waals surface area (Å²) in [4.78, 5) is 23.5. The van der Waals surface area contributed by atoms with Crippen LogP contribution in [0.1, 0.15) is 11.1 Å². The molecule has 24 heavy (non-hydrogen) atoms. The minimum Gasteiger partial charge on any atom is -0.342 e. The normalized spacial score (nSPS) is 10.2. The fraction of sp³-hybridized carbons (Fsp3) is 0.222. The summed E-state index contributed by atoms with van der Waals surface area (Å²) in [5.41, 5.74) is 2.69. The van der Waals surface area contributed by atoms with Crippen LogP contribution in [0.2, 0.25) is 0 Å². The van der Waals surface area contributed by atoms with Crippen molar-refractivity contribution in [1.29, 1.82) is 0 Å². The first kappa shape index (κ1) is 17.6. The van der Waals surface area contributed by atoms with E-state index in [2.05, 4.69) is 10.6 Å². The molecule has 2 aromatic carbocycles. The molecule has 2 rings (SSSR count). The summed E-state index contributed by atoms with van der Waals surface area (Å²) < 4.78 is 12.8. The molecule has 0 atom stereocenters. The molecule has 5 nitrogen and oxygen atoms in total. The minimum atomic E-state index is -0.281. The van der Waals surface area contributed by atoms with Crippen LogP contribution in [-0.4, -0.2) is 24.9 Å². The summed E-state index contributed by atoms with van der Waals surface area (Å²) in [6.07, 6.45) is 0. The first-order valence-electron chi connectivity index (χ1n) is 7.72. The number of nitrogens with two attached hydrogens (primary N) is 1. The number of benzene rings is 2. The molecule has 0 bridgehead atoms. The molecular weight excluding hydrogens is 309 g/mol. The zero-order chi connectivity index (χ0) is 17.4. The third-order valence-corrected chi connectivity index (χ3v) is 3.37. The van der Waals surface area contributed by atoms with Crippen LogP contribution in [0.15, 0.2) is 48.5 Å². The maximum atomic E-state index is 12.8. The van der Waals surface area contributed by atoms with Crippen LogP contribution in [0.5, 0.6) is 0 Å². The average Bonchev–Trinajstić information content (AvgIpc) is 2.55. The zero-order valence-corrected chi connectivity index (χ0v) is 13.5. The first-order valence-corrected chi connectivity index (χ1v) is 7.72. The van der Waals surface area contributed by atoms with Gasteiger partial charge in [0, 0.05) is 11.3 Å². The van der Waals surface area contributed by atoms with E-state index in [0.717, 1.165) is 11.1 Å². The van der Waals surface area contributed by atoms with Crippen molar-refractivity contribution < 1.29 is 19.3 Å². The second kappa shape index (κ2) is 8.79. The Labute approximate surface area is 140 Å². The Morgan fingerprint density at radius 2 is 1.83 bits per heavy atom. The number of carbonyl (C=O) groups is 2. The second-order valence-electron chi connectivity index (χ2n) is 5.52. The van der Waals surface area contributed by atoms with Crippen molar-refractivity contribution in [2.75, 3.05) is 18.4 Å². The van der Waals surface area contributed by atoms with E-state index in [1.54, 1.807) is 23.5 Å². The van der Waals surface area contributed by atoms with E-state index in [-0.39, 0.29) is 30.7 Å². The van der Waals surface area contributed by atoms with E-state index in [0.29, 0.717) is 12.2 Å². The van der Waals surface area contributed by atoms with Gasteiger partial charge in [0.05, 0.1) is 6.54 Å². The van der Waals surface area contributed by atoms with Gasteiger partial charge in [-0.1, -0.05) is 24.3 Å². The van der Waals surface area contributed by atoms with Gasteiger partial charge >= 0.3 is 0 Å². The minimum absolute atomic E-state index is 0.0723. The van der Waals surface area contributed by atoms with E-state index in [1.807, 2.05) is 25.1 Å². The lowest BCUT2D eigenvalue weighted by atomic mass is 10.2. The number of carbonyl (C=O) groups excluding carboxylic acids is 2. The largest absolute Gasteiger partial charge is 0.342 e. The highest BCUT2D eigenvalue weighted by Crippen LogP contribution is 2.08. The number of hydrogen-bond acceptors (Lipinski definition) is 2. The van der Waals surface area contributed by atoms with Gasteiger partial charge in [-0.15, -0.1) is 0 Å². The predicted octanol–water partition coefficient (Wildman–Crippen LogP) is 0.952. The number of nitrogens with one attached hydrogen (secondary N) is 2. The molecule has 0 radical (unpaired) electrons. The van der Waals surface area contributed by atoms with Crippen molar-refractivity contribution in [2.45, 2.75) is 13.5 Å². The third kappa shape index (κ3) is 6.18. The molecule has 4 N–H and O–H groups in total. The Bertz CT molecular complexity index is 702. The molecule has 0 saturated heterocycles. The molecular formula is C18H21FN3O2+. The fourth-order valence-corrected chi connectivity index (χ4v) is 2.17. The molecule has 0 spiro atoms. The van der Waals surface area contributed by atoms with Crippen LogP contribution in [0.3, 0.4) is 0 Å². The molecule has 6 heteroatoms. The van der Waals surface area contributed by atoms with Crippen molar-refractivity contribution in [3.8, 4) is 0 Å². The molecule has 2 amide bonds. The van der Waals surface area contributed by atoms with Gasteiger partial charge in [-0.25, -0.2) is 4.39 Å². The summed E-state index contributed by atoms with van der Waals surface area (Å²) in [6.45, 7) is 2.64. The smallest absolute Gasteiger partial charge is 0.275 e. The van der Waals surface area contributed by atoms with Crippen molar-refractivity contribution in [3.63, 3.8) is 0 Å². The Morgan fingerprint density at radius 1 is 1.08 bits per heavy atom. The average molecular weight is 330 g/mol. The highest BCUT2D eigenvalue weighted by atomic mass is 19.1. The maximum Gasteiger partial charge on any atom is 0.275 e. The van der Waals surface area contributed by atoms with Crippen LogP contribution in [-0.2, 0) is 16.1 Å². The number of aryl methyl sites for hydroxylation is 1. The zero-order valence-electron chi connectivity index (χ0n) is 13.5. The molecule has 0 aliphatic rings. The van der Waals surface area contributed by atoms with Gasteiger partial charge in [-0.2, -0.15) is 0 Å². The Balaban J connectivity index is 1.65. The van der Waals surface area contributed by atoms with Crippen LogP contribution < -0.4 is 16.0 Å². The first-order chi connectivity index (χ1) is 11.5. The topological polar surface area (TPSA) is 74.8 Å². The molecule has 0 aromatic heterocycles. The van der Waals surface area contributed by atoms with Gasteiger partial charge in [0.1, 0.15) is 12.4 Å². The van der Waals surface area contributed by atoms with Gasteiger partial charge < -0.3 is 16.0 Å². The summed E-state index contributed by atoms with van der Waals surface area (Å²) in [6, 6.07) is 13.6. The van der Waals surface area contributed by atoms with Crippen LogP contribution in [0.4, 0.5) is 10.1 Å². The predicted molar refractivity (Wildman–Crippen MR) is 89.7 cm³/mol. The molecule has 0 fully saturated rings. The quantitative estimate of drug-likeness (QED) is 0.707. The molecule has 126 valence electrons. The van der Waals surface area contributed by atoms with Gasteiger partial charge in [0.25, 0.3) is 5.91 Å². The Hall–Kier alpha value is -2.73. The number of rotatable bonds is 7. The van der Waals surface area contributed by atoms with Crippen LogP contribution >= 0.6 is 0 Å². The van der Waals surface area contributed by atoms with Gasteiger partial charge in [-0.3, -0.25) is 9.59 Å². The van der Waals surface area contributed by atoms with Crippen LogP contribution in [0, 0.1) is 12.7 Å². The lowest BCUT2D eigenvalue weighted by Crippen LogP contribution is -2.85. The summed E-state index contributed by atoms with van der Waals surface area (Å²) in [7, 11) is 0. The summed E-state index contributed by atoms with van der Waals surface area (Å²) >= 11 is 0. The number of anilines is 1. The lowest BCUT2D eigenvalue weighted by molar-refractivity contribution is -0.660. The SMILES string of the molecule is Cc1cccc(NC(=O)CNC(=O)C[NH2+]Cc2ccc(F)cc2)c1. The number of amides is 2. The van der Waals surface area contributed by atoms with E-state index >= 15 is 0 Å². The molecule has 0 aliphatic heterocycles. The van der Waals surface area contributed by atoms with Crippen molar-refractivity contribution >= 4 is 17.5 Å². The Morgan fingerprint density at radius 3 is 2.54 bits per heavy atom. The number of quaternary nitrogens is 1. The van der Waals surface area contributed by atoms with Crippen molar-refractivity contribution in [3.05, 3.63) is 65.5 Å². The molecule has 0 unspecified atom stereocenters. The van der Waals surface area contributed by atoms with Crippen LogP contribution in [0.25, 0.3) is 0 Å². The van der Waals surface area contributed by atoms with Gasteiger partial charge in [-0.05, 0) is 36.8 Å². The molecule has 0 aliphatic carbocycles. The third-order valence-electron chi connectivity index (χ3n) is 3.37. The summed E-state index contributed by atoms with van der Waals surface area (Å²) in [5, 5.41) is 7.09. The highest BCUT2D eigenvalue weighted by molar-refractivity contribution is 5.94. The second-order valence-corrected chi connectivity index (χ2v) is 5.52. The van der Waals surface area contributed by atoms with E-state index in [9.17, 15) is 14.0 Å². The maximum absolute atomic E-state index is 12.8. The summed E-state index contributed by atoms with van der Waals surface area (Å²) in [5.74, 6) is -0.778. The molecule has 2 aromatic rings. The monoisotopic (exact) mass is 330 g/mol. The number of hydrogen-bond donors (Lipinski definition) is 3. The standard InChI is InChI=1S/C18H20FN3O2/c1-13-3-2-4-16(9-13)22-18(24)12-21-17(23)11-20-10-14-5-7-15(19)8-6-14/h2-9,20H,10-12H2,1H3,(H,21,23)(H,22,24)/p+1. The molecule has 0 heterocycles. The van der Waals surface area contributed by atoms with Gasteiger partial charge in [0.15, 0.2) is 6.54 Å². The number of halogens is 1. The van der Waals surface area contributed by atoms with E-state index < -0.39 is 0 Å². The van der Waals surface area contributed by atoms with Crippen molar-refractivity contribution in [1.82, 2.24) is 5.32 Å². The van der Waals surface area contributed by atoms with Crippen molar-refractivity contribution in [2.24, 2.45) is 0 Å². The lowest BCUT2D eigenvalue weighted by Gasteiger charge is -2.07. The van der Waals surface area contributed by atoms with E-state index in [4.69, 9.17) is 0 Å². The molecule has 0 saturated carbocycles. The van der Waals surface area contributed by atoms with E-state index in [1.165, 1.54) is 12.1 Å². The Kier molecular flexibility index (Phi) is 6.45. The fourth-order valence-electron chi connectivity index (χ4n) is 2.17. The highest BCUT2D eigenvalue weighted by Gasteiger charge is 2.07.